The summed E-state index contributed by atoms with van der Waals surface area (Å²) < 4.78 is 22.6. The summed E-state index contributed by atoms with van der Waals surface area (Å²) in [6.45, 7) is 6.69. The first kappa shape index (κ1) is 19.7. The van der Waals surface area contributed by atoms with Crippen molar-refractivity contribution in [3.8, 4) is 0 Å². The first-order valence-corrected chi connectivity index (χ1v) is 9.32. The molecule has 0 N–H and O–H groups in total. The van der Waals surface area contributed by atoms with E-state index in [1.807, 2.05) is 20.8 Å². The van der Waals surface area contributed by atoms with Gasteiger partial charge in [0, 0.05) is 7.11 Å². The molecule has 0 aromatic carbocycles. The molecule has 140 valence electrons. The Morgan fingerprint density at radius 1 is 1.12 bits per heavy atom. The second-order valence-corrected chi connectivity index (χ2v) is 8.24. The van der Waals surface area contributed by atoms with Crippen LogP contribution in [0.3, 0.4) is 0 Å². The molecular weight excluding hydrogens is 308 g/mol. The molecule has 0 unspecified atom stereocenters. The standard InChI is InChI=1S/C19H34O5/c1-18(2,3)24-17(20)19(10-5-6-11-19)23-13-15-8-7-9-16(12-15)22-14-21-4/h15-16H,5-14H2,1-4H3/t15-,16+/m0/s1. The van der Waals surface area contributed by atoms with Gasteiger partial charge in [-0.25, -0.2) is 4.79 Å². The maximum atomic E-state index is 12.7. The van der Waals surface area contributed by atoms with Gasteiger partial charge in [0.1, 0.15) is 12.4 Å². The molecule has 2 aliphatic carbocycles. The number of esters is 1. The van der Waals surface area contributed by atoms with E-state index in [1.54, 1.807) is 7.11 Å². The van der Waals surface area contributed by atoms with E-state index in [-0.39, 0.29) is 12.1 Å². The largest absolute Gasteiger partial charge is 0.458 e. The molecule has 0 heterocycles. The van der Waals surface area contributed by atoms with Gasteiger partial charge in [0.05, 0.1) is 12.7 Å². The van der Waals surface area contributed by atoms with E-state index < -0.39 is 11.2 Å². The van der Waals surface area contributed by atoms with Gasteiger partial charge in [-0.1, -0.05) is 6.42 Å². The summed E-state index contributed by atoms with van der Waals surface area (Å²) in [4.78, 5) is 12.7. The van der Waals surface area contributed by atoms with Crippen LogP contribution in [0.5, 0.6) is 0 Å². The molecule has 24 heavy (non-hydrogen) atoms. The minimum Gasteiger partial charge on any atom is -0.458 e. The van der Waals surface area contributed by atoms with Crippen LogP contribution in [0.25, 0.3) is 0 Å². The molecule has 0 radical (unpaired) electrons. The van der Waals surface area contributed by atoms with E-state index in [0.29, 0.717) is 19.3 Å². The highest BCUT2D eigenvalue weighted by atomic mass is 16.7. The summed E-state index contributed by atoms with van der Waals surface area (Å²) in [6, 6.07) is 0. The van der Waals surface area contributed by atoms with Gasteiger partial charge in [0.2, 0.25) is 0 Å². The lowest BCUT2D eigenvalue weighted by Gasteiger charge is -2.34. The molecule has 0 spiro atoms. The molecule has 0 aliphatic heterocycles. The van der Waals surface area contributed by atoms with Crippen LogP contribution in [-0.4, -0.2) is 43.8 Å². The number of carbonyl (C=O) groups is 1. The van der Waals surface area contributed by atoms with Gasteiger partial charge in [0.25, 0.3) is 0 Å². The van der Waals surface area contributed by atoms with Crippen molar-refractivity contribution in [2.24, 2.45) is 5.92 Å². The van der Waals surface area contributed by atoms with Crippen molar-refractivity contribution in [1.29, 1.82) is 0 Å². The van der Waals surface area contributed by atoms with Crippen LogP contribution in [-0.2, 0) is 23.7 Å². The summed E-state index contributed by atoms with van der Waals surface area (Å²) in [5.41, 5.74) is -1.20. The highest BCUT2D eigenvalue weighted by molar-refractivity contribution is 5.80. The van der Waals surface area contributed by atoms with E-state index in [0.717, 1.165) is 51.4 Å². The van der Waals surface area contributed by atoms with E-state index in [2.05, 4.69) is 0 Å². The molecule has 5 heteroatoms. The van der Waals surface area contributed by atoms with E-state index >= 15 is 0 Å². The third kappa shape index (κ3) is 5.71. The average Bonchev–Trinajstić information content (AvgIpc) is 3.00. The van der Waals surface area contributed by atoms with Crippen LogP contribution in [0.1, 0.15) is 72.1 Å². The zero-order chi connectivity index (χ0) is 17.6. The Morgan fingerprint density at radius 3 is 2.46 bits per heavy atom. The predicted octanol–water partition coefficient (Wildman–Crippen LogP) is 3.84. The maximum Gasteiger partial charge on any atom is 0.338 e. The van der Waals surface area contributed by atoms with Crippen LogP contribution in [0.15, 0.2) is 0 Å². The second-order valence-electron chi connectivity index (χ2n) is 8.24. The predicted molar refractivity (Wildman–Crippen MR) is 91.7 cm³/mol. The Balaban J connectivity index is 1.88. The van der Waals surface area contributed by atoms with Crippen LogP contribution in [0.2, 0.25) is 0 Å². The first-order valence-electron chi connectivity index (χ1n) is 9.32. The zero-order valence-electron chi connectivity index (χ0n) is 15.8. The zero-order valence-corrected chi connectivity index (χ0v) is 15.8. The summed E-state index contributed by atoms with van der Waals surface area (Å²) in [6.07, 6.45) is 8.20. The third-order valence-electron chi connectivity index (χ3n) is 4.93. The van der Waals surface area contributed by atoms with Gasteiger partial charge in [-0.15, -0.1) is 0 Å². The van der Waals surface area contributed by atoms with Gasteiger partial charge < -0.3 is 18.9 Å². The topological polar surface area (TPSA) is 54.0 Å². The number of hydrogen-bond donors (Lipinski definition) is 0. The third-order valence-corrected chi connectivity index (χ3v) is 4.93. The molecule has 0 amide bonds. The van der Waals surface area contributed by atoms with Crippen molar-refractivity contribution < 1.29 is 23.7 Å². The smallest absolute Gasteiger partial charge is 0.338 e. The van der Waals surface area contributed by atoms with Crippen molar-refractivity contribution >= 4 is 5.97 Å². The molecule has 2 aliphatic rings. The summed E-state index contributed by atoms with van der Waals surface area (Å²) >= 11 is 0. The van der Waals surface area contributed by atoms with Crippen molar-refractivity contribution in [2.75, 3.05) is 20.5 Å². The Labute approximate surface area is 146 Å². The van der Waals surface area contributed by atoms with Crippen LogP contribution in [0.4, 0.5) is 0 Å². The first-order chi connectivity index (χ1) is 11.3. The van der Waals surface area contributed by atoms with E-state index in [1.165, 1.54) is 0 Å². The SMILES string of the molecule is COCO[C@@H]1CCC[C@H](COC2(C(=O)OC(C)(C)C)CCCC2)C1. The molecule has 5 nitrogen and oxygen atoms in total. The van der Waals surface area contributed by atoms with Crippen molar-refractivity contribution in [1.82, 2.24) is 0 Å². The van der Waals surface area contributed by atoms with Crippen molar-refractivity contribution in [3.05, 3.63) is 0 Å². The second kappa shape index (κ2) is 8.63. The monoisotopic (exact) mass is 342 g/mol. The Hall–Kier alpha value is -0.650. The number of methoxy groups -OCH3 is 1. The maximum absolute atomic E-state index is 12.7. The molecule has 2 saturated carbocycles. The highest BCUT2D eigenvalue weighted by Crippen LogP contribution is 2.37. The number of carbonyl (C=O) groups excluding carboxylic acids is 1. The molecule has 0 saturated heterocycles. The fourth-order valence-corrected chi connectivity index (χ4v) is 3.71. The number of hydrogen-bond acceptors (Lipinski definition) is 5. The normalized spacial score (nSPS) is 27.2. The molecule has 0 bridgehead atoms. The molecule has 0 aromatic rings. The van der Waals surface area contributed by atoms with Gasteiger partial charge in [-0.3, -0.25) is 0 Å². The van der Waals surface area contributed by atoms with Crippen LogP contribution >= 0.6 is 0 Å². The van der Waals surface area contributed by atoms with Gasteiger partial charge >= 0.3 is 5.97 Å². The lowest BCUT2D eigenvalue weighted by Crippen LogP contribution is -2.45. The van der Waals surface area contributed by atoms with Gasteiger partial charge in [0.15, 0.2) is 5.60 Å². The molecule has 0 aromatic heterocycles. The fraction of sp³-hybridized carbons (Fsp3) is 0.947. The lowest BCUT2D eigenvalue weighted by molar-refractivity contribution is -0.186. The van der Waals surface area contributed by atoms with E-state index in [9.17, 15) is 4.79 Å². The Kier molecular flexibility index (Phi) is 7.08. The summed E-state index contributed by atoms with van der Waals surface area (Å²) in [5.74, 6) is 0.260. The van der Waals surface area contributed by atoms with Crippen LogP contribution < -0.4 is 0 Å². The fourth-order valence-electron chi connectivity index (χ4n) is 3.71. The highest BCUT2D eigenvalue weighted by Gasteiger charge is 2.45. The average molecular weight is 342 g/mol. The van der Waals surface area contributed by atoms with Crippen LogP contribution in [0, 0.1) is 5.92 Å². The minimum atomic E-state index is -0.729. The summed E-state index contributed by atoms with van der Waals surface area (Å²) in [5, 5.41) is 0. The Morgan fingerprint density at radius 2 is 1.83 bits per heavy atom. The quantitative estimate of drug-likeness (QED) is 0.520. The number of ether oxygens (including phenoxy) is 4. The minimum absolute atomic E-state index is 0.185. The molecule has 2 fully saturated rings. The summed E-state index contributed by atoms with van der Waals surface area (Å²) in [7, 11) is 1.65. The Bertz CT molecular complexity index is 395. The van der Waals surface area contributed by atoms with Crippen molar-refractivity contribution in [2.45, 2.75) is 89.4 Å². The van der Waals surface area contributed by atoms with Gasteiger partial charge in [-0.05, 0) is 71.6 Å². The van der Waals surface area contributed by atoms with Crippen molar-refractivity contribution in [3.63, 3.8) is 0 Å². The molecule has 2 atom stereocenters. The molecular formula is C19H34O5. The number of rotatable bonds is 7. The van der Waals surface area contributed by atoms with Gasteiger partial charge in [-0.2, -0.15) is 0 Å². The van der Waals surface area contributed by atoms with E-state index in [4.69, 9.17) is 18.9 Å². The lowest BCUT2D eigenvalue weighted by atomic mass is 9.87. The molecule has 2 rings (SSSR count).